The average Bonchev–Trinajstić information content (AvgIpc) is 3.02. The van der Waals surface area contributed by atoms with E-state index in [4.69, 9.17) is 0 Å². The third-order valence-electron chi connectivity index (χ3n) is 4.86. The van der Waals surface area contributed by atoms with Crippen molar-refractivity contribution in [3.05, 3.63) is 18.0 Å². The van der Waals surface area contributed by atoms with Crippen molar-refractivity contribution < 1.29 is 0 Å². The summed E-state index contributed by atoms with van der Waals surface area (Å²) in [4.78, 5) is 13.8. The van der Waals surface area contributed by atoms with Crippen LogP contribution in [0, 0.1) is 0 Å². The summed E-state index contributed by atoms with van der Waals surface area (Å²) >= 11 is 2.11. The summed E-state index contributed by atoms with van der Waals surface area (Å²) in [5.41, 5.74) is 1.19. The third kappa shape index (κ3) is 4.81. The summed E-state index contributed by atoms with van der Waals surface area (Å²) in [6.45, 7) is 7.36. The van der Waals surface area contributed by atoms with Gasteiger partial charge in [-0.1, -0.05) is 6.92 Å². The summed E-state index contributed by atoms with van der Waals surface area (Å²) in [6, 6.07) is 0.663. The Morgan fingerprint density at radius 3 is 2.61 bits per heavy atom. The van der Waals surface area contributed by atoms with Crippen LogP contribution in [0.1, 0.15) is 31.7 Å². The molecule has 2 fully saturated rings. The maximum atomic E-state index is 4.57. The number of anilines is 1. The summed E-state index contributed by atoms with van der Waals surface area (Å²) < 4.78 is 0. The van der Waals surface area contributed by atoms with E-state index in [1.54, 1.807) is 0 Å². The van der Waals surface area contributed by atoms with E-state index in [1.165, 1.54) is 30.6 Å². The zero-order chi connectivity index (χ0) is 16.1. The highest BCUT2D eigenvalue weighted by Gasteiger charge is 2.24. The molecule has 23 heavy (non-hydrogen) atoms. The fraction of sp³-hybridized carbons (Fsp3) is 0.765. The van der Waals surface area contributed by atoms with Gasteiger partial charge in [-0.2, -0.15) is 11.8 Å². The van der Waals surface area contributed by atoms with Gasteiger partial charge in [0.2, 0.25) is 5.95 Å². The Balaban J connectivity index is 1.45. The highest BCUT2D eigenvalue weighted by Crippen LogP contribution is 2.29. The lowest BCUT2D eigenvalue weighted by molar-refractivity contribution is 0.311. The molecule has 1 saturated carbocycles. The normalized spacial score (nSPS) is 25.9. The van der Waals surface area contributed by atoms with Gasteiger partial charge in [-0.25, -0.2) is 9.97 Å². The van der Waals surface area contributed by atoms with E-state index in [0.29, 0.717) is 6.04 Å². The first-order chi connectivity index (χ1) is 11.2. The molecule has 1 aliphatic carbocycles. The summed E-state index contributed by atoms with van der Waals surface area (Å²) in [6.07, 6.45) is 7.94. The molecule has 6 heteroatoms. The van der Waals surface area contributed by atoms with Gasteiger partial charge in [0.1, 0.15) is 0 Å². The quantitative estimate of drug-likeness (QED) is 0.858. The molecule has 1 saturated heterocycles. The minimum Gasteiger partial charge on any atom is -0.338 e. The second kappa shape index (κ2) is 8.31. The van der Waals surface area contributed by atoms with E-state index in [-0.39, 0.29) is 0 Å². The van der Waals surface area contributed by atoms with Crippen LogP contribution in [0.15, 0.2) is 12.4 Å². The zero-order valence-corrected chi connectivity index (χ0v) is 15.2. The van der Waals surface area contributed by atoms with Gasteiger partial charge in [0.05, 0.1) is 0 Å². The van der Waals surface area contributed by atoms with E-state index < -0.39 is 0 Å². The molecule has 0 unspecified atom stereocenters. The molecule has 0 amide bonds. The molecule has 5 nitrogen and oxygen atoms in total. The molecule has 1 aromatic rings. The number of hydrogen-bond donors (Lipinski definition) is 1. The molecule has 0 spiro atoms. The molecule has 2 aliphatic rings. The van der Waals surface area contributed by atoms with Gasteiger partial charge >= 0.3 is 0 Å². The second-order valence-corrected chi connectivity index (χ2v) is 8.23. The third-order valence-corrected chi connectivity index (χ3v) is 6.09. The van der Waals surface area contributed by atoms with Crippen molar-refractivity contribution in [3.63, 3.8) is 0 Å². The number of likely N-dealkylation sites (N-methyl/N-ethyl adjacent to an activating group) is 1. The van der Waals surface area contributed by atoms with E-state index in [9.17, 15) is 0 Å². The Kier molecular flexibility index (Phi) is 6.14. The SMILES string of the molecule is CCS[C@H]1CC[C@H](NCc2cnc(N3CCN(C)CC3)nc2)C1. The van der Waals surface area contributed by atoms with Crippen LogP contribution in [-0.2, 0) is 6.54 Å². The van der Waals surface area contributed by atoms with Crippen molar-refractivity contribution in [2.45, 2.75) is 44.0 Å². The lowest BCUT2D eigenvalue weighted by Crippen LogP contribution is -2.45. The zero-order valence-electron chi connectivity index (χ0n) is 14.4. The predicted octanol–water partition coefficient (Wildman–Crippen LogP) is 1.99. The average molecular weight is 336 g/mol. The van der Waals surface area contributed by atoms with Crippen LogP contribution >= 0.6 is 11.8 Å². The molecule has 1 aromatic heterocycles. The summed E-state index contributed by atoms with van der Waals surface area (Å²) in [7, 11) is 2.17. The maximum Gasteiger partial charge on any atom is 0.225 e. The van der Waals surface area contributed by atoms with Crippen molar-refractivity contribution in [1.29, 1.82) is 0 Å². The van der Waals surface area contributed by atoms with E-state index >= 15 is 0 Å². The Labute approximate surface area is 144 Å². The highest BCUT2D eigenvalue weighted by molar-refractivity contribution is 7.99. The van der Waals surface area contributed by atoms with E-state index in [1.807, 2.05) is 12.4 Å². The minimum atomic E-state index is 0.663. The van der Waals surface area contributed by atoms with Gasteiger partial charge in [0.25, 0.3) is 0 Å². The number of rotatable bonds is 6. The smallest absolute Gasteiger partial charge is 0.225 e. The van der Waals surface area contributed by atoms with Crippen LogP contribution in [0.3, 0.4) is 0 Å². The summed E-state index contributed by atoms with van der Waals surface area (Å²) in [5.74, 6) is 2.11. The molecular formula is C17H29N5S. The van der Waals surface area contributed by atoms with Crippen LogP contribution in [-0.4, -0.2) is 65.1 Å². The van der Waals surface area contributed by atoms with Crippen LogP contribution in [0.2, 0.25) is 0 Å². The maximum absolute atomic E-state index is 4.57. The van der Waals surface area contributed by atoms with Gasteiger partial charge in [-0.05, 0) is 32.1 Å². The molecule has 0 radical (unpaired) electrons. The molecule has 1 aliphatic heterocycles. The first-order valence-electron chi connectivity index (χ1n) is 8.84. The second-order valence-electron chi connectivity index (χ2n) is 6.65. The molecule has 0 aromatic carbocycles. The first kappa shape index (κ1) is 17.0. The lowest BCUT2D eigenvalue weighted by Gasteiger charge is -2.32. The Morgan fingerprint density at radius 1 is 1.17 bits per heavy atom. The van der Waals surface area contributed by atoms with Gasteiger partial charge in [-0.15, -0.1) is 0 Å². The molecule has 128 valence electrons. The van der Waals surface area contributed by atoms with Crippen LogP contribution in [0.5, 0.6) is 0 Å². The molecular weight excluding hydrogens is 306 g/mol. The number of nitrogens with zero attached hydrogens (tertiary/aromatic N) is 4. The van der Waals surface area contributed by atoms with Gasteiger partial charge < -0.3 is 15.1 Å². The van der Waals surface area contributed by atoms with Crippen LogP contribution in [0.25, 0.3) is 0 Å². The number of aromatic nitrogens is 2. The highest BCUT2D eigenvalue weighted by atomic mass is 32.2. The van der Waals surface area contributed by atoms with Crippen molar-refractivity contribution >= 4 is 17.7 Å². The van der Waals surface area contributed by atoms with E-state index in [0.717, 1.165) is 43.9 Å². The number of hydrogen-bond acceptors (Lipinski definition) is 6. The van der Waals surface area contributed by atoms with Crippen molar-refractivity contribution in [3.8, 4) is 0 Å². The standard InChI is InChI=1S/C17H29N5S/c1-3-23-16-5-4-15(10-16)18-11-14-12-19-17(20-13-14)22-8-6-21(2)7-9-22/h12-13,15-16,18H,3-11H2,1-2H3/t15-,16-/m0/s1. The Morgan fingerprint density at radius 2 is 1.91 bits per heavy atom. The van der Waals surface area contributed by atoms with Crippen molar-refractivity contribution in [1.82, 2.24) is 20.2 Å². The van der Waals surface area contributed by atoms with Crippen LogP contribution in [0.4, 0.5) is 5.95 Å². The predicted molar refractivity (Wildman–Crippen MR) is 98.1 cm³/mol. The minimum absolute atomic E-state index is 0.663. The molecule has 2 atom stereocenters. The number of nitrogens with one attached hydrogen (secondary N) is 1. The molecule has 1 N–H and O–H groups in total. The van der Waals surface area contributed by atoms with Gasteiger partial charge in [0.15, 0.2) is 0 Å². The fourth-order valence-corrected chi connectivity index (χ4v) is 4.53. The topological polar surface area (TPSA) is 44.3 Å². The van der Waals surface area contributed by atoms with Crippen molar-refractivity contribution in [2.75, 3.05) is 43.9 Å². The van der Waals surface area contributed by atoms with Crippen LogP contribution < -0.4 is 10.2 Å². The molecule has 0 bridgehead atoms. The number of piperazine rings is 1. The Bertz CT molecular complexity index is 472. The molecule has 2 heterocycles. The number of thioether (sulfide) groups is 1. The van der Waals surface area contributed by atoms with Crippen molar-refractivity contribution in [2.24, 2.45) is 0 Å². The van der Waals surface area contributed by atoms with Gasteiger partial charge in [-0.3, -0.25) is 0 Å². The summed E-state index contributed by atoms with van der Waals surface area (Å²) in [5, 5.41) is 4.53. The Hall–Kier alpha value is -0.850. The largest absolute Gasteiger partial charge is 0.338 e. The van der Waals surface area contributed by atoms with E-state index in [2.05, 4.69) is 50.8 Å². The first-order valence-corrected chi connectivity index (χ1v) is 9.89. The van der Waals surface area contributed by atoms with Gasteiger partial charge in [0, 0.05) is 62.0 Å². The molecule has 3 rings (SSSR count). The fourth-order valence-electron chi connectivity index (χ4n) is 3.38. The lowest BCUT2D eigenvalue weighted by atomic mass is 10.2. The monoisotopic (exact) mass is 335 g/mol.